The lowest BCUT2D eigenvalue weighted by atomic mass is 9.61. The van der Waals surface area contributed by atoms with Crippen molar-refractivity contribution in [1.82, 2.24) is 0 Å². The number of allylic oxidation sites excluding steroid dienone is 33. The number of benzene rings is 1. The van der Waals surface area contributed by atoms with Crippen molar-refractivity contribution in [2.24, 2.45) is 41.4 Å². The Kier molecular flexibility index (Phi) is 12.8. The summed E-state index contributed by atoms with van der Waals surface area (Å²) in [5.41, 5.74) is 23.1. The van der Waals surface area contributed by atoms with Crippen molar-refractivity contribution in [1.29, 1.82) is 0 Å². The molecule has 1 aromatic carbocycles. The number of hydrogen-bond donors (Lipinski definition) is 0. The SMILES string of the molecule is CC=CC=CCc1cc2c(c3c1C=C(C1=CC4=C(CC1C)C(C1=CCCC=C1)=CC1C(C=CCC)=CC(C5=CCCC=C5)=CC41)C(CCC)C3)CC(C1C=CC=CC1)C1CC=CC=C21. The van der Waals surface area contributed by atoms with E-state index in [1.807, 2.05) is 0 Å². The fraction of sp³-hybridized carbons (Fsp3) is 0.375. The lowest BCUT2D eigenvalue weighted by molar-refractivity contribution is 0.300. The lowest BCUT2D eigenvalue weighted by Crippen LogP contribution is -2.33. The van der Waals surface area contributed by atoms with Crippen LogP contribution >= 0.6 is 0 Å². The molecule has 9 aliphatic rings. The summed E-state index contributed by atoms with van der Waals surface area (Å²) in [6.45, 7) is 9.36. The summed E-state index contributed by atoms with van der Waals surface area (Å²) in [7, 11) is 0. The van der Waals surface area contributed by atoms with E-state index in [2.05, 4.69) is 180 Å². The van der Waals surface area contributed by atoms with Crippen LogP contribution in [0.25, 0.3) is 11.6 Å². The van der Waals surface area contributed by atoms with E-state index in [1.165, 1.54) is 58.3 Å². The second-order valence-electron chi connectivity index (χ2n) is 20.0. The Morgan fingerprint density at radius 3 is 2.33 bits per heavy atom. The third-order valence-corrected chi connectivity index (χ3v) is 16.0. The van der Waals surface area contributed by atoms with Gasteiger partial charge in [-0.05, 0) is 197 Å². The molecule has 9 aliphatic carbocycles. The molecular formula is C64H70. The Hall–Kier alpha value is -5.20. The first kappa shape index (κ1) is 42.7. The van der Waals surface area contributed by atoms with Crippen LogP contribution in [0.3, 0.4) is 0 Å². The average molecular weight is 839 g/mol. The Labute approximate surface area is 386 Å². The molecule has 0 fully saturated rings. The second-order valence-corrected chi connectivity index (χ2v) is 20.0. The Balaban J connectivity index is 1.14. The molecule has 0 nitrogen and oxygen atoms in total. The molecule has 0 radical (unpaired) electrons. The Morgan fingerprint density at radius 2 is 1.56 bits per heavy atom. The number of hydrogen-bond acceptors (Lipinski definition) is 0. The van der Waals surface area contributed by atoms with E-state index in [0.29, 0.717) is 41.4 Å². The van der Waals surface area contributed by atoms with Crippen LogP contribution in [0.1, 0.15) is 120 Å². The zero-order chi connectivity index (χ0) is 43.6. The van der Waals surface area contributed by atoms with Gasteiger partial charge in [0.15, 0.2) is 0 Å². The van der Waals surface area contributed by atoms with Gasteiger partial charge in [0.1, 0.15) is 0 Å². The van der Waals surface area contributed by atoms with E-state index in [-0.39, 0.29) is 0 Å². The molecule has 0 aliphatic heterocycles. The van der Waals surface area contributed by atoms with Gasteiger partial charge < -0.3 is 0 Å². The van der Waals surface area contributed by atoms with Crippen LogP contribution in [0.4, 0.5) is 0 Å². The van der Waals surface area contributed by atoms with E-state index >= 15 is 0 Å². The van der Waals surface area contributed by atoms with Crippen LogP contribution in [0, 0.1) is 41.4 Å². The molecule has 10 rings (SSSR count). The molecule has 0 aromatic heterocycles. The van der Waals surface area contributed by atoms with E-state index in [9.17, 15) is 0 Å². The van der Waals surface area contributed by atoms with E-state index in [1.54, 1.807) is 44.6 Å². The highest BCUT2D eigenvalue weighted by Crippen LogP contribution is 2.55. The summed E-state index contributed by atoms with van der Waals surface area (Å²) in [5.74, 6) is 3.40. The standard InChI is InChI=1S/C64H70/c1-5-8-10-14-31-49-37-60-52-33-22-21-32-51(52)54(45-27-17-12-18-28-45)42-64(60)61-36-47(23-7-3)56(41-58(49)61)53-39-63-59(34-43(53)4)55(46-29-19-13-20-30-46)40-57-48(24-9-6-2)35-50(38-62(57)63)44-25-15-11-16-26-44/h5,8-10,12,14-15,17-19,21-22,24-27,29-30,33,35,37-41,43,45,47,51,54,57,62H,6-7,11,13,16,20,23,28,31-32,34,36,42H2,1-4H3. The third-order valence-electron chi connectivity index (χ3n) is 16.0. The van der Waals surface area contributed by atoms with Crippen LogP contribution in [0.2, 0.25) is 0 Å². The molecule has 7 atom stereocenters. The first-order chi connectivity index (χ1) is 31.5. The molecule has 1 aromatic rings. The summed E-state index contributed by atoms with van der Waals surface area (Å²) in [6, 6.07) is 2.65. The van der Waals surface area contributed by atoms with Crippen LogP contribution < -0.4 is 0 Å². The summed E-state index contributed by atoms with van der Waals surface area (Å²) < 4.78 is 0. The molecule has 0 amide bonds. The number of fused-ring (bicyclic) bond motifs is 7. The fourth-order valence-corrected chi connectivity index (χ4v) is 12.9. The highest BCUT2D eigenvalue weighted by molar-refractivity contribution is 5.81. The van der Waals surface area contributed by atoms with Gasteiger partial charge in [-0.1, -0.05) is 179 Å². The average Bonchev–Trinajstić information content (AvgIpc) is 3.34. The molecule has 0 bridgehead atoms. The van der Waals surface area contributed by atoms with Gasteiger partial charge in [0.05, 0.1) is 0 Å². The van der Waals surface area contributed by atoms with Crippen molar-refractivity contribution in [3.8, 4) is 0 Å². The van der Waals surface area contributed by atoms with Crippen molar-refractivity contribution in [2.75, 3.05) is 0 Å². The highest BCUT2D eigenvalue weighted by Gasteiger charge is 2.42. The molecule has 0 spiro atoms. The molecular weight excluding hydrogens is 769 g/mol. The van der Waals surface area contributed by atoms with Gasteiger partial charge in [-0.2, -0.15) is 0 Å². The van der Waals surface area contributed by atoms with E-state index in [4.69, 9.17) is 0 Å². The second kappa shape index (κ2) is 19.1. The maximum Gasteiger partial charge on any atom is 0.0134 e. The first-order valence-corrected chi connectivity index (χ1v) is 25.4. The van der Waals surface area contributed by atoms with Crippen molar-refractivity contribution in [3.05, 3.63) is 224 Å². The summed E-state index contributed by atoms with van der Waals surface area (Å²) in [6.07, 6.45) is 73.3. The molecule has 64 heavy (non-hydrogen) atoms. The third kappa shape index (κ3) is 8.21. The van der Waals surface area contributed by atoms with Gasteiger partial charge in [0, 0.05) is 11.8 Å². The van der Waals surface area contributed by atoms with Crippen molar-refractivity contribution in [2.45, 2.75) is 111 Å². The van der Waals surface area contributed by atoms with Gasteiger partial charge >= 0.3 is 0 Å². The Morgan fingerprint density at radius 1 is 0.719 bits per heavy atom. The maximum absolute atomic E-state index is 2.76. The Bertz CT molecular complexity index is 2580. The monoisotopic (exact) mass is 839 g/mol. The fourth-order valence-electron chi connectivity index (χ4n) is 12.9. The molecule has 0 saturated carbocycles. The molecule has 326 valence electrons. The van der Waals surface area contributed by atoms with Gasteiger partial charge in [-0.15, -0.1) is 0 Å². The minimum atomic E-state index is 0.314. The number of rotatable bonds is 11. The van der Waals surface area contributed by atoms with Crippen molar-refractivity contribution in [3.63, 3.8) is 0 Å². The maximum atomic E-state index is 2.76. The highest BCUT2D eigenvalue weighted by atomic mass is 14.5. The van der Waals surface area contributed by atoms with E-state index < -0.39 is 0 Å². The van der Waals surface area contributed by atoms with Crippen LogP contribution in [-0.2, 0) is 19.3 Å². The minimum absolute atomic E-state index is 0.314. The molecule has 0 heterocycles. The van der Waals surface area contributed by atoms with Crippen LogP contribution in [0.15, 0.2) is 196 Å². The predicted octanol–water partition coefficient (Wildman–Crippen LogP) is 16.8. The van der Waals surface area contributed by atoms with E-state index in [0.717, 1.165) is 64.2 Å². The smallest absolute Gasteiger partial charge is 0.0134 e. The summed E-state index contributed by atoms with van der Waals surface area (Å²) >= 11 is 0. The molecule has 7 unspecified atom stereocenters. The van der Waals surface area contributed by atoms with Crippen LogP contribution in [0.5, 0.6) is 0 Å². The zero-order valence-corrected chi connectivity index (χ0v) is 39.2. The molecule has 0 N–H and O–H groups in total. The van der Waals surface area contributed by atoms with Gasteiger partial charge in [-0.3, -0.25) is 0 Å². The summed E-state index contributed by atoms with van der Waals surface area (Å²) in [5, 5.41) is 0. The van der Waals surface area contributed by atoms with Gasteiger partial charge in [0.25, 0.3) is 0 Å². The normalized spacial score (nSPS) is 29.3. The molecule has 0 saturated heterocycles. The lowest BCUT2D eigenvalue weighted by Gasteiger charge is -2.43. The predicted molar refractivity (Wildman–Crippen MR) is 275 cm³/mol. The van der Waals surface area contributed by atoms with Gasteiger partial charge in [-0.25, -0.2) is 0 Å². The quantitative estimate of drug-likeness (QED) is 0.195. The largest absolute Gasteiger partial charge is 0.0877 e. The minimum Gasteiger partial charge on any atom is -0.0877 e. The van der Waals surface area contributed by atoms with Gasteiger partial charge in [0.2, 0.25) is 0 Å². The zero-order valence-electron chi connectivity index (χ0n) is 39.2. The molecule has 0 heteroatoms. The first-order valence-electron chi connectivity index (χ1n) is 25.4. The topological polar surface area (TPSA) is 0 Å². The van der Waals surface area contributed by atoms with Crippen LogP contribution in [-0.4, -0.2) is 0 Å². The van der Waals surface area contributed by atoms with Crippen molar-refractivity contribution >= 4 is 11.6 Å². The van der Waals surface area contributed by atoms with Crippen molar-refractivity contribution < 1.29 is 0 Å². The summed E-state index contributed by atoms with van der Waals surface area (Å²) in [4.78, 5) is 0.